The van der Waals surface area contributed by atoms with Crippen LogP contribution in [0.3, 0.4) is 0 Å². The van der Waals surface area contributed by atoms with E-state index in [1.165, 1.54) is 12.8 Å². The van der Waals surface area contributed by atoms with Crippen LogP contribution in [0.4, 0.5) is 0 Å². The van der Waals surface area contributed by atoms with Gasteiger partial charge in [0, 0.05) is 18.2 Å². The first kappa shape index (κ1) is 23.4. The molecule has 0 saturated carbocycles. The van der Waals surface area contributed by atoms with Crippen LogP contribution in [-0.2, 0) is 22.9 Å². The molecule has 174 valence electrons. The largest absolute Gasteiger partial charge is 0.361 e. The van der Waals surface area contributed by atoms with Crippen LogP contribution in [0.1, 0.15) is 43.1 Å². The Balaban J connectivity index is 1.48. The number of unbranched alkanes of at least 4 members (excludes halogenated alkanes) is 2. The molecule has 1 aromatic carbocycles. The molecule has 0 unspecified atom stereocenters. The van der Waals surface area contributed by atoms with Crippen molar-refractivity contribution in [2.75, 3.05) is 6.54 Å². The van der Waals surface area contributed by atoms with E-state index in [0.717, 1.165) is 34.5 Å². The van der Waals surface area contributed by atoms with Crippen LogP contribution in [-0.4, -0.2) is 30.3 Å². The van der Waals surface area contributed by atoms with Gasteiger partial charge in [0.1, 0.15) is 17.1 Å². The normalized spacial score (nSPS) is 11.8. The van der Waals surface area contributed by atoms with Crippen molar-refractivity contribution in [3.05, 3.63) is 64.7 Å². The molecule has 0 amide bonds. The summed E-state index contributed by atoms with van der Waals surface area (Å²) in [5.74, 6) is 0.690. The van der Waals surface area contributed by atoms with Gasteiger partial charge in [-0.2, -0.15) is 5.10 Å². The number of aryl methyl sites for hydroxylation is 2. The summed E-state index contributed by atoms with van der Waals surface area (Å²) in [7, 11) is -3.61. The number of H-pyrrole nitrogens is 1. The minimum atomic E-state index is -3.61. The number of hydrogen-bond donors (Lipinski definition) is 2. The fourth-order valence-electron chi connectivity index (χ4n) is 3.73. The molecule has 0 fully saturated rings. The van der Waals surface area contributed by atoms with Gasteiger partial charge in [0.25, 0.3) is 0 Å². The van der Waals surface area contributed by atoms with Gasteiger partial charge in [-0.25, -0.2) is 13.1 Å². The third-order valence-electron chi connectivity index (χ3n) is 5.48. The first-order valence-corrected chi connectivity index (χ1v) is 13.5. The molecule has 0 radical (unpaired) electrons. The number of thiophene rings is 1. The Hall–Kier alpha value is -2.75. The summed E-state index contributed by atoms with van der Waals surface area (Å²) in [5, 5.41) is 13.6. The van der Waals surface area contributed by atoms with E-state index < -0.39 is 10.0 Å². The van der Waals surface area contributed by atoms with Gasteiger partial charge in [-0.05, 0) is 55.3 Å². The van der Waals surface area contributed by atoms with E-state index in [2.05, 4.69) is 27.0 Å². The average Bonchev–Trinajstić information content (AvgIpc) is 3.55. The van der Waals surface area contributed by atoms with E-state index in [-0.39, 0.29) is 11.4 Å². The number of aromatic amines is 1. The van der Waals surface area contributed by atoms with Gasteiger partial charge in [-0.3, -0.25) is 5.10 Å². The van der Waals surface area contributed by atoms with Gasteiger partial charge in [0.2, 0.25) is 10.0 Å². The van der Waals surface area contributed by atoms with Crippen LogP contribution in [0, 0.1) is 6.92 Å². The predicted octanol–water partition coefficient (Wildman–Crippen LogP) is 5.36. The van der Waals surface area contributed by atoms with Gasteiger partial charge in [0.05, 0.1) is 15.5 Å². The molecule has 2 N–H and O–H groups in total. The van der Waals surface area contributed by atoms with Gasteiger partial charge >= 0.3 is 0 Å². The smallest absolute Gasteiger partial charge is 0.240 e. The molecule has 0 spiro atoms. The Morgan fingerprint density at radius 2 is 1.94 bits per heavy atom. The maximum Gasteiger partial charge on any atom is 0.240 e. The molecule has 0 aliphatic heterocycles. The lowest BCUT2D eigenvalue weighted by atomic mass is 10.1. The van der Waals surface area contributed by atoms with Crippen molar-refractivity contribution in [3.63, 3.8) is 0 Å². The molecule has 4 aromatic rings. The van der Waals surface area contributed by atoms with Crippen molar-refractivity contribution in [1.82, 2.24) is 20.1 Å². The van der Waals surface area contributed by atoms with Crippen molar-refractivity contribution in [1.29, 1.82) is 0 Å². The lowest BCUT2D eigenvalue weighted by molar-refractivity contribution is 0.399. The second-order valence-electron chi connectivity index (χ2n) is 7.97. The minimum Gasteiger partial charge on any atom is -0.361 e. The lowest BCUT2D eigenvalue weighted by Crippen LogP contribution is -2.26. The summed E-state index contributed by atoms with van der Waals surface area (Å²) in [6.07, 6.45) is 4.89. The van der Waals surface area contributed by atoms with E-state index in [0.29, 0.717) is 23.6 Å². The zero-order valence-corrected chi connectivity index (χ0v) is 20.4. The van der Waals surface area contributed by atoms with Gasteiger partial charge in [-0.1, -0.05) is 43.1 Å². The van der Waals surface area contributed by atoms with Crippen LogP contribution in [0.5, 0.6) is 0 Å². The number of nitrogens with one attached hydrogen (secondary N) is 2. The maximum absolute atomic E-state index is 12.8. The van der Waals surface area contributed by atoms with Crippen LogP contribution in [0.25, 0.3) is 22.0 Å². The summed E-state index contributed by atoms with van der Waals surface area (Å²) < 4.78 is 33.6. The van der Waals surface area contributed by atoms with Crippen molar-refractivity contribution >= 4 is 21.4 Å². The van der Waals surface area contributed by atoms with Crippen LogP contribution < -0.4 is 4.72 Å². The number of benzene rings is 1. The maximum atomic E-state index is 12.8. The van der Waals surface area contributed by atoms with Crippen molar-refractivity contribution < 1.29 is 12.9 Å². The quantitative estimate of drug-likeness (QED) is 0.279. The Morgan fingerprint density at radius 3 is 2.61 bits per heavy atom. The highest BCUT2D eigenvalue weighted by Crippen LogP contribution is 2.32. The first-order chi connectivity index (χ1) is 16.0. The summed E-state index contributed by atoms with van der Waals surface area (Å²) in [6.45, 7) is 4.23. The highest BCUT2D eigenvalue weighted by molar-refractivity contribution is 7.89. The number of sulfonamides is 1. The second kappa shape index (κ2) is 10.5. The molecule has 33 heavy (non-hydrogen) atoms. The number of rotatable bonds is 11. The number of hydrogen-bond acceptors (Lipinski definition) is 6. The zero-order chi connectivity index (χ0) is 23.3. The Morgan fingerprint density at radius 1 is 1.12 bits per heavy atom. The molecule has 7 nitrogen and oxygen atoms in total. The molecule has 0 bridgehead atoms. The minimum absolute atomic E-state index is 0.238. The molecule has 3 aromatic heterocycles. The fraction of sp³-hybridized carbons (Fsp3) is 0.333. The molecule has 0 aliphatic carbocycles. The van der Waals surface area contributed by atoms with E-state index >= 15 is 0 Å². The standard InChI is InChI=1S/C24H28N4O3S2/c1-3-4-5-7-18-9-11-19(12-10-18)33(29,30)25-14-13-20-23(21-16-17(2)31-28-21)26-27-24(20)22-8-6-15-32-22/h6,8-12,15-16,25H,3-5,7,13-14H2,1-2H3,(H,26,27). The van der Waals surface area contributed by atoms with Gasteiger partial charge < -0.3 is 4.52 Å². The summed E-state index contributed by atoms with van der Waals surface area (Å²) in [5.41, 5.74) is 4.24. The Bertz CT molecular complexity index is 1270. The van der Waals surface area contributed by atoms with Crippen molar-refractivity contribution in [2.45, 2.75) is 50.8 Å². The Labute approximate surface area is 198 Å². The van der Waals surface area contributed by atoms with Crippen molar-refractivity contribution in [2.24, 2.45) is 0 Å². The molecule has 4 rings (SSSR count). The van der Waals surface area contributed by atoms with Crippen LogP contribution in [0.2, 0.25) is 0 Å². The first-order valence-electron chi connectivity index (χ1n) is 11.1. The van der Waals surface area contributed by atoms with Crippen LogP contribution >= 0.6 is 11.3 Å². The summed E-state index contributed by atoms with van der Waals surface area (Å²) in [4.78, 5) is 1.31. The van der Waals surface area contributed by atoms with E-state index in [1.807, 2.05) is 42.6 Å². The average molecular weight is 485 g/mol. The predicted molar refractivity (Wildman–Crippen MR) is 131 cm³/mol. The van der Waals surface area contributed by atoms with Gasteiger partial charge in [0.15, 0.2) is 0 Å². The highest BCUT2D eigenvalue weighted by Gasteiger charge is 2.20. The highest BCUT2D eigenvalue weighted by atomic mass is 32.2. The topological polar surface area (TPSA) is 101 Å². The molecule has 3 heterocycles. The summed E-state index contributed by atoms with van der Waals surface area (Å²) >= 11 is 1.59. The lowest BCUT2D eigenvalue weighted by Gasteiger charge is -2.09. The molecular formula is C24H28N4O3S2. The molecule has 9 heteroatoms. The molecule has 0 atom stereocenters. The fourth-order valence-corrected chi connectivity index (χ4v) is 5.51. The van der Waals surface area contributed by atoms with E-state index in [4.69, 9.17) is 4.52 Å². The monoisotopic (exact) mass is 484 g/mol. The molecular weight excluding hydrogens is 456 g/mol. The zero-order valence-electron chi connectivity index (χ0n) is 18.8. The SMILES string of the molecule is CCCCCc1ccc(S(=O)(=O)NCCc2c(-c3cc(C)on3)n[nH]c2-c2cccs2)cc1. The van der Waals surface area contributed by atoms with Crippen molar-refractivity contribution in [3.8, 4) is 22.0 Å². The molecule has 0 saturated heterocycles. The number of nitrogens with zero attached hydrogens (tertiary/aromatic N) is 2. The number of aromatic nitrogens is 3. The van der Waals surface area contributed by atoms with E-state index in [1.54, 1.807) is 23.5 Å². The third kappa shape index (κ3) is 5.61. The third-order valence-corrected chi connectivity index (χ3v) is 7.84. The van der Waals surface area contributed by atoms with Gasteiger partial charge in [-0.15, -0.1) is 11.3 Å². The van der Waals surface area contributed by atoms with E-state index in [9.17, 15) is 8.42 Å². The Kier molecular flexibility index (Phi) is 7.42. The summed E-state index contributed by atoms with van der Waals surface area (Å²) in [6, 6.07) is 13.0. The van der Waals surface area contributed by atoms with Crippen LogP contribution in [0.15, 0.2) is 57.3 Å². The second-order valence-corrected chi connectivity index (χ2v) is 10.7. The molecule has 0 aliphatic rings.